The summed E-state index contributed by atoms with van der Waals surface area (Å²) in [5.41, 5.74) is 0.499. The molecule has 1 heterocycles. The Balaban J connectivity index is 1.65. The number of rotatable bonds is 4. The number of benzene rings is 2. The second kappa shape index (κ2) is 7.31. The summed E-state index contributed by atoms with van der Waals surface area (Å²) < 4.78 is 19.2. The Bertz CT molecular complexity index is 799. The van der Waals surface area contributed by atoms with Gasteiger partial charge in [-0.05, 0) is 76.9 Å². The van der Waals surface area contributed by atoms with Crippen molar-refractivity contribution in [1.29, 1.82) is 0 Å². The van der Waals surface area contributed by atoms with E-state index >= 15 is 0 Å². The molecule has 3 rings (SSSR count). The molecule has 144 valence electrons. The van der Waals surface area contributed by atoms with Crippen molar-refractivity contribution in [2.45, 2.75) is 57.7 Å². The zero-order chi connectivity index (χ0) is 19.7. The molecular formula is C22H27FN2O2. The van der Waals surface area contributed by atoms with Crippen molar-refractivity contribution >= 4 is 5.91 Å². The Morgan fingerprint density at radius 3 is 2.22 bits per heavy atom. The maximum atomic E-state index is 13.7. The van der Waals surface area contributed by atoms with E-state index in [1.54, 1.807) is 42.5 Å². The summed E-state index contributed by atoms with van der Waals surface area (Å²) in [6.07, 6.45) is 1.74. The molecule has 1 fully saturated rings. The van der Waals surface area contributed by atoms with Crippen molar-refractivity contribution < 1.29 is 13.9 Å². The zero-order valence-electron chi connectivity index (χ0n) is 16.3. The van der Waals surface area contributed by atoms with Crippen molar-refractivity contribution in [2.24, 2.45) is 0 Å². The molecule has 0 unspecified atom stereocenters. The van der Waals surface area contributed by atoms with E-state index in [9.17, 15) is 9.18 Å². The number of halogens is 1. The van der Waals surface area contributed by atoms with Gasteiger partial charge < -0.3 is 15.4 Å². The Morgan fingerprint density at radius 1 is 1.04 bits per heavy atom. The normalized spacial score (nSPS) is 18.7. The highest BCUT2D eigenvalue weighted by Crippen LogP contribution is 2.29. The number of carbonyl (C=O) groups excluding carboxylic acids is 1. The number of hydrogen-bond acceptors (Lipinski definition) is 3. The van der Waals surface area contributed by atoms with Gasteiger partial charge in [-0.1, -0.05) is 12.1 Å². The van der Waals surface area contributed by atoms with E-state index < -0.39 is 5.82 Å². The molecule has 0 aromatic heterocycles. The van der Waals surface area contributed by atoms with Crippen molar-refractivity contribution in [3.8, 4) is 11.5 Å². The molecular weight excluding hydrogens is 343 g/mol. The average molecular weight is 370 g/mol. The van der Waals surface area contributed by atoms with Crippen LogP contribution >= 0.6 is 0 Å². The van der Waals surface area contributed by atoms with Crippen LogP contribution in [0.5, 0.6) is 11.5 Å². The van der Waals surface area contributed by atoms with Crippen molar-refractivity contribution in [3.05, 3.63) is 59.9 Å². The van der Waals surface area contributed by atoms with E-state index in [1.165, 1.54) is 6.07 Å². The predicted molar refractivity (Wildman–Crippen MR) is 105 cm³/mol. The Labute approximate surface area is 160 Å². The van der Waals surface area contributed by atoms with Gasteiger partial charge in [0, 0.05) is 22.7 Å². The first kappa shape index (κ1) is 19.4. The number of piperidine rings is 1. The number of carbonyl (C=O) groups is 1. The minimum atomic E-state index is -0.421. The van der Waals surface area contributed by atoms with Crippen LogP contribution in [0.25, 0.3) is 0 Å². The molecule has 2 aromatic carbocycles. The SMILES string of the molecule is CC1(C)CC(NC(=O)c2ccc(Oc3ccccc3F)cc2)CC(C)(C)N1. The molecule has 1 amide bonds. The van der Waals surface area contributed by atoms with Crippen molar-refractivity contribution in [1.82, 2.24) is 10.6 Å². The monoisotopic (exact) mass is 370 g/mol. The standard InChI is InChI=1S/C22H27FN2O2/c1-21(2)13-16(14-22(3,4)25-21)24-20(26)15-9-11-17(12-10-15)27-19-8-6-5-7-18(19)23/h5-12,16,25H,13-14H2,1-4H3,(H,24,26). The number of para-hydroxylation sites is 1. The lowest BCUT2D eigenvalue weighted by Gasteiger charge is -2.46. The minimum Gasteiger partial charge on any atom is -0.454 e. The van der Waals surface area contributed by atoms with Crippen LogP contribution in [-0.4, -0.2) is 23.0 Å². The third-order valence-electron chi connectivity index (χ3n) is 4.71. The van der Waals surface area contributed by atoms with Gasteiger partial charge in [-0.3, -0.25) is 4.79 Å². The summed E-state index contributed by atoms with van der Waals surface area (Å²) in [4.78, 5) is 12.6. The van der Waals surface area contributed by atoms with Crippen LogP contribution in [0.1, 0.15) is 50.9 Å². The summed E-state index contributed by atoms with van der Waals surface area (Å²) in [6, 6.07) is 13.1. The number of ether oxygens (including phenoxy) is 1. The van der Waals surface area contributed by atoms with Crippen LogP contribution in [0.3, 0.4) is 0 Å². The van der Waals surface area contributed by atoms with Gasteiger partial charge in [0.2, 0.25) is 0 Å². The van der Waals surface area contributed by atoms with E-state index in [0.717, 1.165) is 12.8 Å². The van der Waals surface area contributed by atoms with Crippen LogP contribution in [0.4, 0.5) is 4.39 Å². The topological polar surface area (TPSA) is 50.4 Å². The molecule has 2 N–H and O–H groups in total. The first-order valence-electron chi connectivity index (χ1n) is 9.26. The van der Waals surface area contributed by atoms with E-state index in [0.29, 0.717) is 11.3 Å². The average Bonchev–Trinajstić information content (AvgIpc) is 2.54. The molecule has 0 saturated carbocycles. The largest absolute Gasteiger partial charge is 0.454 e. The maximum Gasteiger partial charge on any atom is 0.251 e. The van der Waals surface area contributed by atoms with Crippen molar-refractivity contribution in [2.75, 3.05) is 0 Å². The third-order valence-corrected chi connectivity index (χ3v) is 4.71. The van der Waals surface area contributed by atoms with Crippen LogP contribution < -0.4 is 15.4 Å². The summed E-state index contributed by atoms with van der Waals surface area (Å²) in [5, 5.41) is 6.76. The second-order valence-electron chi connectivity index (χ2n) is 8.53. The highest BCUT2D eigenvalue weighted by atomic mass is 19.1. The van der Waals surface area contributed by atoms with Gasteiger partial charge in [0.05, 0.1) is 0 Å². The minimum absolute atomic E-state index is 0.0306. The van der Waals surface area contributed by atoms with Gasteiger partial charge in [0.1, 0.15) is 5.75 Å². The highest BCUT2D eigenvalue weighted by molar-refractivity contribution is 5.94. The summed E-state index contributed by atoms with van der Waals surface area (Å²) in [7, 11) is 0. The lowest BCUT2D eigenvalue weighted by Crippen LogP contribution is -2.62. The van der Waals surface area contributed by atoms with E-state index in [1.807, 2.05) is 0 Å². The number of amides is 1. The molecule has 1 aliphatic heterocycles. The molecule has 0 atom stereocenters. The smallest absolute Gasteiger partial charge is 0.251 e. The fourth-order valence-corrected chi connectivity index (χ4v) is 4.02. The van der Waals surface area contributed by atoms with Crippen LogP contribution in [-0.2, 0) is 0 Å². The zero-order valence-corrected chi connectivity index (χ0v) is 16.3. The summed E-state index contributed by atoms with van der Waals surface area (Å²) in [5.74, 6) is 0.121. The molecule has 4 nitrogen and oxygen atoms in total. The molecule has 0 bridgehead atoms. The highest BCUT2D eigenvalue weighted by Gasteiger charge is 2.38. The van der Waals surface area contributed by atoms with Gasteiger partial charge in [0.25, 0.3) is 5.91 Å². The van der Waals surface area contributed by atoms with Gasteiger partial charge in [-0.25, -0.2) is 4.39 Å². The Morgan fingerprint density at radius 2 is 1.63 bits per heavy atom. The molecule has 1 aliphatic rings. The Hall–Kier alpha value is -2.40. The number of nitrogens with one attached hydrogen (secondary N) is 2. The predicted octanol–water partition coefficient (Wildman–Crippen LogP) is 4.66. The first-order valence-corrected chi connectivity index (χ1v) is 9.26. The van der Waals surface area contributed by atoms with Gasteiger partial charge in [-0.2, -0.15) is 0 Å². The van der Waals surface area contributed by atoms with Crippen LogP contribution in [0, 0.1) is 5.82 Å². The lowest BCUT2D eigenvalue weighted by atomic mass is 9.79. The second-order valence-corrected chi connectivity index (χ2v) is 8.53. The molecule has 1 saturated heterocycles. The van der Waals surface area contributed by atoms with Gasteiger partial charge in [-0.15, -0.1) is 0 Å². The lowest BCUT2D eigenvalue weighted by molar-refractivity contribution is 0.0873. The molecule has 0 aliphatic carbocycles. The third kappa shape index (κ3) is 5.07. The van der Waals surface area contributed by atoms with Crippen LogP contribution in [0.15, 0.2) is 48.5 Å². The summed E-state index contributed by atoms with van der Waals surface area (Å²) >= 11 is 0. The Kier molecular flexibility index (Phi) is 5.24. The van der Waals surface area contributed by atoms with E-state index in [-0.39, 0.29) is 28.8 Å². The molecule has 0 spiro atoms. The number of hydrogen-bond donors (Lipinski definition) is 2. The van der Waals surface area contributed by atoms with Crippen LogP contribution in [0.2, 0.25) is 0 Å². The fraction of sp³-hybridized carbons (Fsp3) is 0.409. The first-order chi connectivity index (χ1) is 12.6. The maximum absolute atomic E-state index is 13.7. The van der Waals surface area contributed by atoms with E-state index in [2.05, 4.69) is 38.3 Å². The molecule has 2 aromatic rings. The molecule has 0 radical (unpaired) electrons. The summed E-state index contributed by atoms with van der Waals surface area (Å²) in [6.45, 7) is 8.62. The van der Waals surface area contributed by atoms with Crippen molar-refractivity contribution in [3.63, 3.8) is 0 Å². The van der Waals surface area contributed by atoms with Gasteiger partial charge >= 0.3 is 0 Å². The molecule has 27 heavy (non-hydrogen) atoms. The van der Waals surface area contributed by atoms with Gasteiger partial charge in [0.15, 0.2) is 11.6 Å². The fourth-order valence-electron chi connectivity index (χ4n) is 4.02. The quantitative estimate of drug-likeness (QED) is 0.823. The van der Waals surface area contributed by atoms with E-state index in [4.69, 9.17) is 4.74 Å². The molecule has 5 heteroatoms.